The van der Waals surface area contributed by atoms with E-state index in [1.807, 2.05) is 46.9 Å². The van der Waals surface area contributed by atoms with Gasteiger partial charge in [-0.2, -0.15) is 0 Å². The zero-order valence-corrected chi connectivity index (χ0v) is 13.7. The van der Waals surface area contributed by atoms with Crippen molar-refractivity contribution in [3.8, 4) is 0 Å². The van der Waals surface area contributed by atoms with E-state index >= 15 is 0 Å². The van der Waals surface area contributed by atoms with Gasteiger partial charge >= 0.3 is 0 Å². The van der Waals surface area contributed by atoms with E-state index in [4.69, 9.17) is 0 Å². The van der Waals surface area contributed by atoms with Crippen molar-refractivity contribution in [1.29, 1.82) is 0 Å². The number of rotatable bonds is 5. The van der Waals surface area contributed by atoms with E-state index in [0.29, 0.717) is 13.0 Å². The molecule has 122 valence electrons. The molecule has 1 unspecified atom stereocenters. The molecule has 0 aliphatic carbocycles. The minimum Gasteiger partial charge on any atom is -0.363 e. The van der Waals surface area contributed by atoms with Crippen LogP contribution in [0.15, 0.2) is 37.1 Å². The first-order valence-corrected chi connectivity index (χ1v) is 8.03. The highest BCUT2D eigenvalue weighted by Gasteiger charge is 2.29. The van der Waals surface area contributed by atoms with Crippen LogP contribution in [0.25, 0.3) is 0 Å². The lowest BCUT2D eigenvalue weighted by molar-refractivity contribution is -0.132. The van der Waals surface area contributed by atoms with Crippen LogP contribution in [0.3, 0.4) is 0 Å². The predicted octanol–water partition coefficient (Wildman–Crippen LogP) is 2.10. The fourth-order valence-corrected chi connectivity index (χ4v) is 3.09. The van der Waals surface area contributed by atoms with Crippen LogP contribution in [-0.2, 0) is 11.3 Å². The van der Waals surface area contributed by atoms with E-state index in [1.165, 1.54) is 5.56 Å². The topological polar surface area (TPSA) is 54.3 Å². The maximum atomic E-state index is 12.6. The zero-order valence-electron chi connectivity index (χ0n) is 13.7. The van der Waals surface area contributed by atoms with E-state index in [-0.39, 0.29) is 11.9 Å². The second-order valence-corrected chi connectivity index (χ2v) is 6.14. The lowest BCUT2D eigenvalue weighted by atomic mass is 10.1. The summed E-state index contributed by atoms with van der Waals surface area (Å²) in [6.45, 7) is 1.52. The summed E-state index contributed by atoms with van der Waals surface area (Å²) in [5.41, 5.74) is 1.18. The summed E-state index contributed by atoms with van der Waals surface area (Å²) in [5, 5.41) is 0. The average Bonchev–Trinajstić information content (AvgIpc) is 3.24. The van der Waals surface area contributed by atoms with Gasteiger partial charge in [0.15, 0.2) is 0 Å². The molecule has 0 radical (unpaired) electrons. The fourth-order valence-electron chi connectivity index (χ4n) is 3.09. The molecule has 1 aliphatic rings. The van der Waals surface area contributed by atoms with Crippen LogP contribution in [-0.4, -0.2) is 46.0 Å². The van der Waals surface area contributed by atoms with Gasteiger partial charge in [-0.15, -0.1) is 0 Å². The van der Waals surface area contributed by atoms with Gasteiger partial charge in [-0.1, -0.05) is 0 Å². The van der Waals surface area contributed by atoms with Gasteiger partial charge in [0.2, 0.25) is 5.91 Å². The smallest absolute Gasteiger partial charge is 0.224 e. The molecule has 0 aromatic carbocycles. The second kappa shape index (κ2) is 6.81. The van der Waals surface area contributed by atoms with Gasteiger partial charge in [0.05, 0.1) is 12.4 Å². The first-order valence-electron chi connectivity index (χ1n) is 8.03. The third kappa shape index (κ3) is 3.52. The molecule has 1 aliphatic heterocycles. The Balaban J connectivity index is 1.69. The molecule has 0 N–H and O–H groups in total. The highest BCUT2D eigenvalue weighted by Crippen LogP contribution is 2.33. The number of aromatic nitrogens is 3. The molecule has 2 aromatic rings. The van der Waals surface area contributed by atoms with E-state index < -0.39 is 0 Å². The zero-order chi connectivity index (χ0) is 16.2. The highest BCUT2D eigenvalue weighted by molar-refractivity contribution is 5.77. The van der Waals surface area contributed by atoms with Crippen molar-refractivity contribution in [1.82, 2.24) is 19.4 Å². The van der Waals surface area contributed by atoms with Crippen LogP contribution in [0.2, 0.25) is 0 Å². The summed E-state index contributed by atoms with van der Waals surface area (Å²) in [6, 6.07) is 4.29. The first kappa shape index (κ1) is 15.5. The number of aryl methyl sites for hydroxylation is 1. The van der Waals surface area contributed by atoms with Crippen LogP contribution in [0.1, 0.15) is 30.9 Å². The lowest BCUT2D eigenvalue weighted by Crippen LogP contribution is -2.31. The summed E-state index contributed by atoms with van der Waals surface area (Å²) >= 11 is 0. The summed E-state index contributed by atoms with van der Waals surface area (Å²) in [4.78, 5) is 25.0. The van der Waals surface area contributed by atoms with Crippen LogP contribution < -0.4 is 4.90 Å². The Bertz CT molecular complexity index is 653. The number of carbonyl (C=O) groups is 1. The second-order valence-electron chi connectivity index (χ2n) is 6.14. The Kier molecular flexibility index (Phi) is 4.60. The molecular weight excluding hydrogens is 290 g/mol. The molecule has 1 amide bonds. The van der Waals surface area contributed by atoms with Crippen LogP contribution in [0.5, 0.6) is 0 Å². The molecule has 0 bridgehead atoms. The summed E-state index contributed by atoms with van der Waals surface area (Å²) in [6.07, 6.45) is 9.80. The SMILES string of the molecule is CN(C)c1cc(C2CCCN2C(=O)CCn2ccnc2)ccn1. The number of amides is 1. The number of pyridine rings is 1. The third-order valence-electron chi connectivity index (χ3n) is 4.33. The Hall–Kier alpha value is -2.37. The van der Waals surface area contributed by atoms with Crippen LogP contribution in [0.4, 0.5) is 5.82 Å². The largest absolute Gasteiger partial charge is 0.363 e. The Morgan fingerprint density at radius 3 is 3.00 bits per heavy atom. The van der Waals surface area contributed by atoms with Gasteiger partial charge in [0.25, 0.3) is 0 Å². The Morgan fingerprint density at radius 1 is 1.39 bits per heavy atom. The molecule has 0 saturated carbocycles. The minimum absolute atomic E-state index is 0.173. The third-order valence-corrected chi connectivity index (χ3v) is 4.33. The van der Waals surface area contributed by atoms with E-state index in [0.717, 1.165) is 25.2 Å². The van der Waals surface area contributed by atoms with E-state index in [1.54, 1.807) is 12.5 Å². The molecule has 3 rings (SSSR count). The summed E-state index contributed by atoms with van der Waals surface area (Å²) in [7, 11) is 3.96. The van der Waals surface area contributed by atoms with Crippen molar-refractivity contribution >= 4 is 11.7 Å². The highest BCUT2D eigenvalue weighted by atomic mass is 16.2. The number of anilines is 1. The maximum absolute atomic E-state index is 12.6. The van der Waals surface area contributed by atoms with Crippen molar-refractivity contribution in [2.45, 2.75) is 31.8 Å². The lowest BCUT2D eigenvalue weighted by Gasteiger charge is -2.26. The van der Waals surface area contributed by atoms with Gasteiger partial charge in [0.1, 0.15) is 5.82 Å². The van der Waals surface area contributed by atoms with Gasteiger partial charge in [-0.25, -0.2) is 9.97 Å². The molecule has 3 heterocycles. The number of hydrogen-bond donors (Lipinski definition) is 0. The molecule has 6 heteroatoms. The van der Waals surface area contributed by atoms with E-state index in [9.17, 15) is 4.79 Å². The number of nitrogens with zero attached hydrogens (tertiary/aromatic N) is 5. The summed E-state index contributed by atoms with van der Waals surface area (Å²) < 4.78 is 1.94. The Labute approximate surface area is 136 Å². The van der Waals surface area contributed by atoms with Crippen LogP contribution >= 0.6 is 0 Å². The minimum atomic E-state index is 0.173. The standard InChI is InChI=1S/C17H23N5O/c1-20(2)16-12-14(5-7-19-16)15-4-3-9-22(15)17(23)6-10-21-11-8-18-13-21/h5,7-8,11-13,15H,3-4,6,9-10H2,1-2H3. The first-order chi connectivity index (χ1) is 11.1. The molecule has 6 nitrogen and oxygen atoms in total. The van der Waals surface area contributed by atoms with Gasteiger partial charge in [0, 0.05) is 52.2 Å². The van der Waals surface area contributed by atoms with Crippen molar-refractivity contribution < 1.29 is 4.79 Å². The maximum Gasteiger partial charge on any atom is 0.224 e. The molecule has 2 aromatic heterocycles. The van der Waals surface area contributed by atoms with Gasteiger partial charge in [-0.3, -0.25) is 4.79 Å². The summed E-state index contributed by atoms with van der Waals surface area (Å²) in [5.74, 6) is 1.14. The molecule has 1 saturated heterocycles. The van der Waals surface area contributed by atoms with Crippen molar-refractivity contribution in [3.63, 3.8) is 0 Å². The average molecular weight is 313 g/mol. The molecule has 1 fully saturated rings. The van der Waals surface area contributed by atoms with Crippen molar-refractivity contribution in [2.24, 2.45) is 0 Å². The van der Waals surface area contributed by atoms with E-state index in [2.05, 4.69) is 16.0 Å². The number of imidazole rings is 1. The molecular formula is C17H23N5O. The molecule has 23 heavy (non-hydrogen) atoms. The Morgan fingerprint density at radius 2 is 2.26 bits per heavy atom. The number of likely N-dealkylation sites (tertiary alicyclic amines) is 1. The number of carbonyl (C=O) groups excluding carboxylic acids is 1. The monoisotopic (exact) mass is 313 g/mol. The normalized spacial score (nSPS) is 17.5. The molecule has 0 spiro atoms. The number of hydrogen-bond acceptors (Lipinski definition) is 4. The fraction of sp³-hybridized carbons (Fsp3) is 0.471. The molecule has 1 atom stereocenters. The quantitative estimate of drug-likeness (QED) is 0.848. The van der Waals surface area contributed by atoms with Crippen molar-refractivity contribution in [2.75, 3.05) is 25.5 Å². The van der Waals surface area contributed by atoms with Crippen molar-refractivity contribution in [3.05, 3.63) is 42.6 Å². The van der Waals surface area contributed by atoms with Gasteiger partial charge < -0.3 is 14.4 Å². The van der Waals surface area contributed by atoms with Gasteiger partial charge in [-0.05, 0) is 30.5 Å². The van der Waals surface area contributed by atoms with Crippen LogP contribution in [0, 0.1) is 0 Å². The predicted molar refractivity (Wildman–Crippen MR) is 89.1 cm³/mol.